The van der Waals surface area contributed by atoms with E-state index in [-0.39, 0.29) is 18.4 Å². The number of rotatable bonds is 5. The van der Waals surface area contributed by atoms with E-state index in [0.717, 1.165) is 12.0 Å². The number of amides is 1. The van der Waals surface area contributed by atoms with E-state index in [0.29, 0.717) is 34.9 Å². The van der Waals surface area contributed by atoms with Crippen molar-refractivity contribution in [3.05, 3.63) is 63.7 Å². The number of carbonyl (C=O) groups excluding carboxylic acids is 1. The lowest BCUT2D eigenvalue weighted by molar-refractivity contribution is -0.384. The molecule has 0 unspecified atom stereocenters. The number of hydrazone groups is 1. The Hall–Kier alpha value is -3.68. The molecule has 2 aliphatic heterocycles. The average Bonchev–Trinajstić information content (AvgIpc) is 3.28. The van der Waals surface area contributed by atoms with Gasteiger partial charge in [0.1, 0.15) is 0 Å². The van der Waals surface area contributed by atoms with Gasteiger partial charge in [-0.25, -0.2) is 0 Å². The summed E-state index contributed by atoms with van der Waals surface area (Å²) in [5.74, 6) is 1.05. The Morgan fingerprint density at radius 2 is 1.93 bits per heavy atom. The fourth-order valence-electron chi connectivity index (χ4n) is 3.08. The molecule has 0 aromatic heterocycles. The van der Waals surface area contributed by atoms with Crippen LogP contribution in [0.5, 0.6) is 11.5 Å². The second-order valence-corrected chi connectivity index (χ2v) is 6.36. The molecule has 0 atom stereocenters. The van der Waals surface area contributed by atoms with Crippen LogP contribution in [0.25, 0.3) is 6.08 Å². The van der Waals surface area contributed by atoms with Crippen LogP contribution in [0.15, 0.2) is 53.1 Å². The fraction of sp³-hybridized carbons (Fsp3) is 0.200. The Morgan fingerprint density at radius 1 is 1.18 bits per heavy atom. The largest absolute Gasteiger partial charge is 0.454 e. The summed E-state index contributed by atoms with van der Waals surface area (Å²) in [6.45, 7) is 2.20. The number of hydrogen-bond acceptors (Lipinski definition) is 6. The molecule has 0 aliphatic carbocycles. The van der Waals surface area contributed by atoms with Crippen LogP contribution in [0.1, 0.15) is 25.3 Å². The highest BCUT2D eigenvalue weighted by Gasteiger charge is 2.31. The molecule has 0 saturated carbocycles. The number of carbonyl (C=O) groups is 1. The number of hydrogen-bond donors (Lipinski definition) is 0. The first-order valence-electron chi connectivity index (χ1n) is 8.85. The smallest absolute Gasteiger partial charge is 0.280 e. The highest BCUT2D eigenvalue weighted by Crippen LogP contribution is 2.34. The van der Waals surface area contributed by atoms with Crippen molar-refractivity contribution in [1.82, 2.24) is 0 Å². The molecule has 2 aliphatic rings. The van der Waals surface area contributed by atoms with E-state index < -0.39 is 4.92 Å². The van der Waals surface area contributed by atoms with Crippen molar-refractivity contribution >= 4 is 29.1 Å². The van der Waals surface area contributed by atoms with Crippen LogP contribution in [0.2, 0.25) is 0 Å². The number of nitrogens with zero attached hydrogens (tertiary/aromatic N) is 3. The van der Waals surface area contributed by atoms with Gasteiger partial charge < -0.3 is 9.47 Å². The third kappa shape index (κ3) is 3.20. The van der Waals surface area contributed by atoms with Gasteiger partial charge in [0.25, 0.3) is 11.6 Å². The zero-order valence-electron chi connectivity index (χ0n) is 15.1. The van der Waals surface area contributed by atoms with Gasteiger partial charge in [0.05, 0.1) is 21.9 Å². The molecule has 0 radical (unpaired) electrons. The van der Waals surface area contributed by atoms with E-state index in [2.05, 4.69) is 5.10 Å². The van der Waals surface area contributed by atoms with Gasteiger partial charge >= 0.3 is 0 Å². The summed E-state index contributed by atoms with van der Waals surface area (Å²) in [6, 6.07) is 11.2. The number of nitro groups is 1. The molecular weight excluding hydrogens is 362 g/mol. The standard InChI is InChI=1S/C20H17N3O5/c1-2-3-17-16(10-13-4-9-18-19(11-13)28-12-27-18)20(24)22(21-17)14-5-7-15(8-6-14)23(25)26/h4-11H,2-3,12H2,1H3/b16-10+. The molecule has 0 N–H and O–H groups in total. The van der Waals surface area contributed by atoms with Gasteiger partial charge in [-0.1, -0.05) is 19.4 Å². The Morgan fingerprint density at radius 3 is 2.64 bits per heavy atom. The van der Waals surface area contributed by atoms with Crippen LogP contribution >= 0.6 is 0 Å². The third-order valence-corrected chi connectivity index (χ3v) is 4.45. The second kappa shape index (κ2) is 7.15. The molecule has 8 heteroatoms. The highest BCUT2D eigenvalue weighted by molar-refractivity contribution is 6.32. The number of anilines is 1. The topological polar surface area (TPSA) is 94.3 Å². The van der Waals surface area contributed by atoms with Gasteiger partial charge in [0, 0.05) is 12.1 Å². The van der Waals surface area contributed by atoms with Crippen LogP contribution in [0, 0.1) is 10.1 Å². The van der Waals surface area contributed by atoms with Crippen molar-refractivity contribution in [3.63, 3.8) is 0 Å². The van der Waals surface area contributed by atoms with Crippen LogP contribution in [-0.2, 0) is 4.79 Å². The first-order chi connectivity index (χ1) is 13.6. The minimum absolute atomic E-state index is 0.0377. The first-order valence-corrected chi connectivity index (χ1v) is 8.85. The molecule has 2 aromatic carbocycles. The highest BCUT2D eigenvalue weighted by atomic mass is 16.7. The molecule has 0 bridgehead atoms. The molecule has 142 valence electrons. The molecule has 0 spiro atoms. The van der Waals surface area contributed by atoms with Crippen molar-refractivity contribution in [2.24, 2.45) is 5.10 Å². The lowest BCUT2D eigenvalue weighted by Crippen LogP contribution is -2.21. The molecule has 0 fully saturated rings. The normalized spacial score (nSPS) is 16.6. The Balaban J connectivity index is 1.67. The summed E-state index contributed by atoms with van der Waals surface area (Å²) in [6.07, 6.45) is 3.26. The maximum absolute atomic E-state index is 13.0. The van der Waals surface area contributed by atoms with Crippen molar-refractivity contribution in [3.8, 4) is 11.5 Å². The summed E-state index contributed by atoms with van der Waals surface area (Å²) in [5, 5.41) is 16.6. The lowest BCUT2D eigenvalue weighted by Gasteiger charge is -2.11. The number of fused-ring (bicyclic) bond motifs is 1. The zero-order valence-corrected chi connectivity index (χ0v) is 15.1. The number of ether oxygens (including phenoxy) is 2. The molecule has 1 amide bonds. The molecule has 0 saturated heterocycles. The summed E-state index contributed by atoms with van der Waals surface area (Å²) in [5.41, 5.74) is 2.44. The Labute approximate surface area is 160 Å². The Bertz CT molecular complexity index is 1010. The maximum Gasteiger partial charge on any atom is 0.280 e. The summed E-state index contributed by atoms with van der Waals surface area (Å²) >= 11 is 0. The van der Waals surface area contributed by atoms with E-state index in [1.807, 2.05) is 19.1 Å². The molecule has 2 aromatic rings. The average molecular weight is 379 g/mol. The second-order valence-electron chi connectivity index (χ2n) is 6.36. The van der Waals surface area contributed by atoms with Gasteiger partial charge in [0.2, 0.25) is 6.79 Å². The summed E-state index contributed by atoms with van der Waals surface area (Å²) in [7, 11) is 0. The molecule has 2 heterocycles. The van der Waals surface area contributed by atoms with Crippen LogP contribution < -0.4 is 14.5 Å². The zero-order chi connectivity index (χ0) is 19.7. The monoisotopic (exact) mass is 379 g/mol. The first kappa shape index (κ1) is 17.7. The summed E-state index contributed by atoms with van der Waals surface area (Å²) < 4.78 is 10.7. The third-order valence-electron chi connectivity index (χ3n) is 4.45. The van der Waals surface area contributed by atoms with Crippen molar-refractivity contribution in [1.29, 1.82) is 0 Å². The summed E-state index contributed by atoms with van der Waals surface area (Å²) in [4.78, 5) is 23.4. The van der Waals surface area contributed by atoms with Gasteiger partial charge in [-0.05, 0) is 42.3 Å². The van der Waals surface area contributed by atoms with E-state index in [9.17, 15) is 14.9 Å². The van der Waals surface area contributed by atoms with Crippen LogP contribution in [-0.4, -0.2) is 23.3 Å². The quantitative estimate of drug-likeness (QED) is 0.446. The lowest BCUT2D eigenvalue weighted by atomic mass is 10.0. The van der Waals surface area contributed by atoms with Crippen LogP contribution in [0.4, 0.5) is 11.4 Å². The number of benzene rings is 2. The van der Waals surface area contributed by atoms with E-state index in [1.165, 1.54) is 29.3 Å². The minimum atomic E-state index is -0.480. The van der Waals surface area contributed by atoms with Crippen molar-refractivity contribution < 1.29 is 19.2 Å². The van der Waals surface area contributed by atoms with E-state index in [4.69, 9.17) is 9.47 Å². The minimum Gasteiger partial charge on any atom is -0.454 e. The molecular formula is C20H17N3O5. The number of nitro benzene ring substituents is 1. The SMILES string of the molecule is CCCC1=NN(c2ccc([N+](=O)[O-])cc2)C(=O)/C1=C/c1ccc2c(c1)OCO2. The predicted molar refractivity (Wildman–Crippen MR) is 103 cm³/mol. The molecule has 8 nitrogen and oxygen atoms in total. The van der Waals surface area contributed by atoms with E-state index in [1.54, 1.807) is 12.1 Å². The maximum atomic E-state index is 13.0. The Kier molecular flexibility index (Phi) is 4.52. The predicted octanol–water partition coefficient (Wildman–Crippen LogP) is 3.91. The number of non-ortho nitro benzene ring substituents is 1. The fourth-order valence-corrected chi connectivity index (χ4v) is 3.08. The van der Waals surface area contributed by atoms with Crippen LogP contribution in [0.3, 0.4) is 0 Å². The van der Waals surface area contributed by atoms with Gasteiger partial charge in [-0.2, -0.15) is 10.1 Å². The molecule has 28 heavy (non-hydrogen) atoms. The molecule has 4 rings (SSSR count). The van der Waals surface area contributed by atoms with E-state index >= 15 is 0 Å². The van der Waals surface area contributed by atoms with Gasteiger partial charge in [0.15, 0.2) is 11.5 Å². The van der Waals surface area contributed by atoms with Gasteiger partial charge in [-0.3, -0.25) is 14.9 Å². The van der Waals surface area contributed by atoms with Crippen molar-refractivity contribution in [2.45, 2.75) is 19.8 Å². The van der Waals surface area contributed by atoms with Gasteiger partial charge in [-0.15, -0.1) is 0 Å². The van der Waals surface area contributed by atoms with Crippen molar-refractivity contribution in [2.75, 3.05) is 11.8 Å².